The van der Waals surface area contributed by atoms with Crippen molar-refractivity contribution >= 4 is 27.2 Å². The predicted molar refractivity (Wildman–Crippen MR) is 113 cm³/mol. The van der Waals surface area contributed by atoms with Gasteiger partial charge in [-0.3, -0.25) is 15.1 Å². The fourth-order valence-corrected chi connectivity index (χ4v) is 5.03. The zero-order valence-corrected chi connectivity index (χ0v) is 17.0. The van der Waals surface area contributed by atoms with E-state index in [0.29, 0.717) is 23.0 Å². The van der Waals surface area contributed by atoms with Gasteiger partial charge in [0, 0.05) is 22.8 Å². The minimum absolute atomic E-state index is 0.0607. The monoisotopic (exact) mass is 419 g/mol. The number of hydrogen-bond donors (Lipinski definition) is 0. The molecule has 0 fully saturated rings. The minimum atomic E-state index is -0.421. The van der Waals surface area contributed by atoms with E-state index in [9.17, 15) is 10.1 Å². The van der Waals surface area contributed by atoms with E-state index >= 15 is 0 Å². The number of fused-ring (bicyclic) bond motifs is 3. The molecule has 5 rings (SSSR count). The number of rotatable bonds is 4. The van der Waals surface area contributed by atoms with Crippen molar-refractivity contribution < 1.29 is 9.66 Å². The summed E-state index contributed by atoms with van der Waals surface area (Å²) >= 11 is 1.63. The Labute approximate surface area is 175 Å². The zero-order valence-electron chi connectivity index (χ0n) is 16.2. The molecule has 3 aromatic heterocycles. The quantitative estimate of drug-likeness (QED) is 0.337. The van der Waals surface area contributed by atoms with Crippen LogP contribution in [0.25, 0.3) is 21.7 Å². The van der Waals surface area contributed by atoms with Crippen LogP contribution in [-0.4, -0.2) is 24.9 Å². The third-order valence-electron chi connectivity index (χ3n) is 5.16. The second kappa shape index (κ2) is 7.42. The molecule has 0 amide bonds. The molecule has 30 heavy (non-hydrogen) atoms. The lowest BCUT2D eigenvalue weighted by molar-refractivity contribution is -0.386. The maximum Gasteiger partial charge on any atom is 0.314 e. The molecule has 0 atom stereocenters. The summed E-state index contributed by atoms with van der Waals surface area (Å²) in [7, 11) is 0. The molecular formula is C21H17N5O3S. The summed E-state index contributed by atoms with van der Waals surface area (Å²) in [5.74, 6) is 0.883. The van der Waals surface area contributed by atoms with E-state index in [1.807, 2.05) is 0 Å². The largest absolute Gasteiger partial charge is 0.431 e. The first-order valence-electron chi connectivity index (χ1n) is 9.62. The molecular weight excluding hydrogens is 402 g/mol. The van der Waals surface area contributed by atoms with Crippen LogP contribution in [0.4, 0.5) is 5.69 Å². The van der Waals surface area contributed by atoms with Gasteiger partial charge in [-0.15, -0.1) is 11.3 Å². The third kappa shape index (κ3) is 3.17. The number of nitro benzene ring substituents is 1. The summed E-state index contributed by atoms with van der Waals surface area (Å²) in [5, 5.41) is 12.5. The number of nitrogens with zero attached hydrogens (tertiary/aromatic N) is 5. The smallest absolute Gasteiger partial charge is 0.314 e. The highest BCUT2D eigenvalue weighted by Gasteiger charge is 2.25. The highest BCUT2D eigenvalue weighted by molar-refractivity contribution is 7.18. The number of nitro groups is 1. The van der Waals surface area contributed by atoms with Gasteiger partial charge >= 0.3 is 5.69 Å². The summed E-state index contributed by atoms with van der Waals surface area (Å²) in [6.07, 6.45) is 8.91. The topological polar surface area (TPSA) is 104 Å². The minimum Gasteiger partial charge on any atom is -0.431 e. The first kappa shape index (κ1) is 18.6. The van der Waals surface area contributed by atoms with Gasteiger partial charge in [-0.2, -0.15) is 4.98 Å². The van der Waals surface area contributed by atoms with Crippen LogP contribution in [-0.2, 0) is 12.8 Å². The van der Waals surface area contributed by atoms with E-state index in [1.54, 1.807) is 55.1 Å². The van der Waals surface area contributed by atoms with Gasteiger partial charge in [-0.1, -0.05) is 12.1 Å². The fraction of sp³-hybridized carbons (Fsp3) is 0.238. The summed E-state index contributed by atoms with van der Waals surface area (Å²) in [6, 6.07) is 5.03. The Morgan fingerprint density at radius 3 is 2.83 bits per heavy atom. The molecule has 0 saturated carbocycles. The second-order valence-electron chi connectivity index (χ2n) is 7.11. The molecule has 3 heterocycles. The van der Waals surface area contributed by atoms with Crippen molar-refractivity contribution in [2.45, 2.75) is 32.6 Å². The van der Waals surface area contributed by atoms with Gasteiger partial charge < -0.3 is 4.74 Å². The van der Waals surface area contributed by atoms with Gasteiger partial charge in [0.25, 0.3) is 0 Å². The van der Waals surface area contributed by atoms with Crippen molar-refractivity contribution in [3.8, 4) is 23.1 Å². The number of thiophene rings is 1. The average molecular weight is 419 g/mol. The molecule has 0 unspecified atom stereocenters. The highest BCUT2D eigenvalue weighted by atomic mass is 32.1. The van der Waals surface area contributed by atoms with Gasteiger partial charge in [-0.25, -0.2) is 9.97 Å². The molecule has 1 aliphatic rings. The molecule has 1 aliphatic carbocycles. The Morgan fingerprint density at radius 1 is 1.17 bits per heavy atom. The SMILES string of the molecule is Cc1cccc(Oc2nc(-c3cnccn3)nc3sc4c(c23)CCCC4)c1[N+](=O)[O-]. The van der Waals surface area contributed by atoms with Gasteiger partial charge in [-0.05, 0) is 44.2 Å². The number of aryl methyl sites for hydroxylation is 3. The summed E-state index contributed by atoms with van der Waals surface area (Å²) in [4.78, 5) is 31.1. The molecule has 0 bridgehead atoms. The molecule has 0 radical (unpaired) electrons. The van der Waals surface area contributed by atoms with E-state index in [0.717, 1.165) is 35.9 Å². The highest BCUT2D eigenvalue weighted by Crippen LogP contribution is 2.43. The molecule has 9 heteroatoms. The molecule has 1 aromatic carbocycles. The first-order chi connectivity index (χ1) is 14.6. The van der Waals surface area contributed by atoms with Crippen molar-refractivity contribution in [1.29, 1.82) is 0 Å². The number of aromatic nitrogens is 4. The van der Waals surface area contributed by atoms with Crippen molar-refractivity contribution in [2.24, 2.45) is 0 Å². The Bertz CT molecular complexity index is 1270. The average Bonchev–Trinajstić information content (AvgIpc) is 3.13. The number of benzene rings is 1. The van der Waals surface area contributed by atoms with E-state index in [2.05, 4.69) is 15.0 Å². The molecule has 150 valence electrons. The van der Waals surface area contributed by atoms with Crippen LogP contribution in [0, 0.1) is 17.0 Å². The first-order valence-corrected chi connectivity index (χ1v) is 10.4. The number of ether oxygens (including phenoxy) is 1. The lowest BCUT2D eigenvalue weighted by Gasteiger charge is -2.13. The maximum atomic E-state index is 11.6. The lowest BCUT2D eigenvalue weighted by atomic mass is 9.97. The number of hydrogen-bond acceptors (Lipinski definition) is 8. The van der Waals surface area contributed by atoms with Crippen molar-refractivity contribution in [3.05, 3.63) is 62.9 Å². The summed E-state index contributed by atoms with van der Waals surface area (Å²) < 4.78 is 6.12. The Kier molecular flexibility index (Phi) is 4.59. The normalized spacial score (nSPS) is 13.2. The van der Waals surface area contributed by atoms with Crippen LogP contribution in [0.1, 0.15) is 28.8 Å². The molecule has 8 nitrogen and oxygen atoms in total. The summed E-state index contributed by atoms with van der Waals surface area (Å²) in [5.41, 5.74) is 2.19. The van der Waals surface area contributed by atoms with Gasteiger partial charge in [0.05, 0.1) is 16.5 Å². The van der Waals surface area contributed by atoms with Crippen LogP contribution in [0.15, 0.2) is 36.8 Å². The number of para-hydroxylation sites is 1. The van der Waals surface area contributed by atoms with Gasteiger partial charge in [0.2, 0.25) is 11.6 Å². The van der Waals surface area contributed by atoms with Crippen LogP contribution in [0.2, 0.25) is 0 Å². The van der Waals surface area contributed by atoms with E-state index in [-0.39, 0.29) is 11.4 Å². The van der Waals surface area contributed by atoms with Crippen molar-refractivity contribution in [1.82, 2.24) is 19.9 Å². The lowest BCUT2D eigenvalue weighted by Crippen LogP contribution is -2.02. The Balaban J connectivity index is 1.73. The van der Waals surface area contributed by atoms with Gasteiger partial charge in [0.1, 0.15) is 10.5 Å². The molecule has 0 N–H and O–H groups in total. The Morgan fingerprint density at radius 2 is 2.03 bits per heavy atom. The predicted octanol–water partition coefficient (Wildman–Crippen LogP) is 5.04. The van der Waals surface area contributed by atoms with E-state index in [1.165, 1.54) is 10.4 Å². The van der Waals surface area contributed by atoms with Crippen LogP contribution in [0.3, 0.4) is 0 Å². The van der Waals surface area contributed by atoms with Crippen LogP contribution in [0.5, 0.6) is 11.6 Å². The van der Waals surface area contributed by atoms with Crippen molar-refractivity contribution in [2.75, 3.05) is 0 Å². The Hall–Kier alpha value is -3.46. The third-order valence-corrected chi connectivity index (χ3v) is 6.35. The molecule has 0 saturated heterocycles. The fourth-order valence-electron chi connectivity index (χ4n) is 3.78. The molecule has 0 spiro atoms. The molecule has 0 aliphatic heterocycles. The standard InChI is InChI=1S/C21H17N5O3S/c1-12-5-4-7-15(18(12)26(27)28)29-20-17-13-6-2-3-8-16(13)30-21(17)25-19(24-20)14-11-22-9-10-23-14/h4-5,7,9-11H,2-3,6,8H2,1H3. The second-order valence-corrected chi connectivity index (χ2v) is 8.20. The summed E-state index contributed by atoms with van der Waals surface area (Å²) in [6.45, 7) is 1.69. The van der Waals surface area contributed by atoms with E-state index in [4.69, 9.17) is 9.72 Å². The zero-order chi connectivity index (χ0) is 20.7. The van der Waals surface area contributed by atoms with Gasteiger partial charge in [0.15, 0.2) is 5.82 Å². The van der Waals surface area contributed by atoms with E-state index < -0.39 is 4.92 Å². The molecule has 4 aromatic rings. The van der Waals surface area contributed by atoms with Crippen molar-refractivity contribution in [3.63, 3.8) is 0 Å². The van der Waals surface area contributed by atoms with Crippen LogP contribution < -0.4 is 4.74 Å². The van der Waals surface area contributed by atoms with Crippen LogP contribution >= 0.6 is 11.3 Å². The maximum absolute atomic E-state index is 11.6.